The van der Waals surface area contributed by atoms with Gasteiger partial charge in [-0.15, -0.1) is 13.2 Å². The van der Waals surface area contributed by atoms with Crippen LogP contribution in [0.3, 0.4) is 0 Å². The molecule has 16 heavy (non-hydrogen) atoms. The van der Waals surface area contributed by atoms with Gasteiger partial charge in [0.1, 0.15) is 12.1 Å². The van der Waals surface area contributed by atoms with Gasteiger partial charge in [-0.3, -0.25) is 9.59 Å². The van der Waals surface area contributed by atoms with Crippen LogP contribution in [0.15, 0.2) is 25.3 Å². The smallest absolute Gasteiger partial charge is 0.245 e. The Kier molecular flexibility index (Phi) is 3.81. The molecule has 0 aromatic carbocycles. The van der Waals surface area contributed by atoms with Gasteiger partial charge in [0.2, 0.25) is 11.8 Å². The van der Waals surface area contributed by atoms with E-state index in [9.17, 15) is 9.59 Å². The zero-order valence-corrected chi connectivity index (χ0v) is 8.85. The monoisotopic (exact) mass is 224 g/mol. The third-order valence-electron chi connectivity index (χ3n) is 2.47. The van der Waals surface area contributed by atoms with Crippen LogP contribution in [-0.4, -0.2) is 36.0 Å². The van der Waals surface area contributed by atoms with E-state index >= 15 is 0 Å². The molecule has 1 rings (SSSR count). The fourth-order valence-corrected chi connectivity index (χ4v) is 1.43. The number of amides is 2. The molecule has 0 aliphatic carbocycles. The van der Waals surface area contributed by atoms with Gasteiger partial charge in [0, 0.05) is 0 Å². The van der Waals surface area contributed by atoms with Crippen molar-refractivity contribution in [2.24, 2.45) is 11.5 Å². The number of nitrogens with two attached hydrogens (primary N) is 2. The molecule has 0 bridgehead atoms. The third kappa shape index (κ3) is 2.29. The molecule has 6 nitrogen and oxygen atoms in total. The molecule has 0 aromatic rings. The van der Waals surface area contributed by atoms with Crippen molar-refractivity contribution in [3.63, 3.8) is 0 Å². The quantitative estimate of drug-likeness (QED) is 0.414. The molecule has 6 heteroatoms. The molecular weight excluding hydrogens is 208 g/mol. The fraction of sp³-hybridized carbons (Fsp3) is 0.400. The normalized spacial score (nSPS) is 28.6. The summed E-state index contributed by atoms with van der Waals surface area (Å²) in [5, 5.41) is 5.01. The van der Waals surface area contributed by atoms with Gasteiger partial charge in [-0.25, -0.2) is 0 Å². The Bertz CT molecular complexity index is 297. The largest absolute Gasteiger partial charge is 0.341 e. The molecule has 4 atom stereocenters. The molecular formula is C10H16N4O2. The zero-order valence-electron chi connectivity index (χ0n) is 8.85. The van der Waals surface area contributed by atoms with E-state index in [1.165, 1.54) is 12.2 Å². The van der Waals surface area contributed by atoms with E-state index in [2.05, 4.69) is 23.8 Å². The Labute approximate surface area is 93.7 Å². The molecule has 1 aliphatic rings. The van der Waals surface area contributed by atoms with Gasteiger partial charge in [0.25, 0.3) is 0 Å². The topological polar surface area (TPSA) is 110 Å². The first-order valence-corrected chi connectivity index (χ1v) is 4.88. The number of rotatable bonds is 4. The number of carbonyl (C=O) groups is 2. The van der Waals surface area contributed by atoms with Crippen LogP contribution in [0.4, 0.5) is 0 Å². The zero-order chi connectivity index (χ0) is 12.3. The van der Waals surface area contributed by atoms with Gasteiger partial charge in [-0.2, -0.15) is 0 Å². The molecule has 1 heterocycles. The van der Waals surface area contributed by atoms with Crippen molar-refractivity contribution in [2.45, 2.75) is 24.2 Å². The molecule has 6 N–H and O–H groups in total. The molecule has 1 aliphatic heterocycles. The summed E-state index contributed by atoms with van der Waals surface area (Å²) in [7, 11) is 0. The predicted octanol–water partition coefficient (Wildman–Crippen LogP) is -2.00. The van der Waals surface area contributed by atoms with E-state index in [0.29, 0.717) is 0 Å². The first-order chi connectivity index (χ1) is 7.51. The van der Waals surface area contributed by atoms with Crippen LogP contribution in [-0.2, 0) is 9.59 Å². The van der Waals surface area contributed by atoms with Crippen molar-refractivity contribution in [2.75, 3.05) is 0 Å². The van der Waals surface area contributed by atoms with Crippen molar-refractivity contribution in [1.29, 1.82) is 0 Å². The maximum atomic E-state index is 11.6. The number of hydrogen-bond acceptors (Lipinski definition) is 4. The first kappa shape index (κ1) is 12.4. The molecule has 1 saturated heterocycles. The Morgan fingerprint density at radius 3 is 1.56 bits per heavy atom. The maximum absolute atomic E-state index is 11.6. The first-order valence-electron chi connectivity index (χ1n) is 4.88. The number of piperazine rings is 1. The van der Waals surface area contributed by atoms with Crippen molar-refractivity contribution in [1.82, 2.24) is 10.6 Å². The highest BCUT2D eigenvalue weighted by Crippen LogP contribution is 2.04. The van der Waals surface area contributed by atoms with Crippen LogP contribution in [0.1, 0.15) is 0 Å². The van der Waals surface area contributed by atoms with Gasteiger partial charge >= 0.3 is 0 Å². The van der Waals surface area contributed by atoms with Crippen LogP contribution in [0.25, 0.3) is 0 Å². The Hall–Kier alpha value is -1.66. The Morgan fingerprint density at radius 2 is 1.31 bits per heavy atom. The lowest BCUT2D eigenvalue weighted by atomic mass is 10.00. The summed E-state index contributed by atoms with van der Waals surface area (Å²) in [6, 6.07) is -2.83. The minimum atomic E-state index is -0.793. The molecule has 88 valence electrons. The summed E-state index contributed by atoms with van der Waals surface area (Å²) in [5.41, 5.74) is 11.2. The minimum absolute atomic E-state index is 0.366. The summed E-state index contributed by atoms with van der Waals surface area (Å²) in [4.78, 5) is 23.3. The lowest BCUT2D eigenvalue weighted by Gasteiger charge is -2.33. The van der Waals surface area contributed by atoms with E-state index in [1.807, 2.05) is 0 Å². The van der Waals surface area contributed by atoms with Crippen LogP contribution < -0.4 is 22.1 Å². The van der Waals surface area contributed by atoms with Crippen LogP contribution in [0.5, 0.6) is 0 Å². The molecule has 4 unspecified atom stereocenters. The molecule has 0 aromatic heterocycles. The number of nitrogens with one attached hydrogen (secondary N) is 2. The Morgan fingerprint density at radius 1 is 1.00 bits per heavy atom. The van der Waals surface area contributed by atoms with Gasteiger partial charge in [-0.05, 0) is 0 Å². The van der Waals surface area contributed by atoms with Crippen molar-refractivity contribution < 1.29 is 9.59 Å². The van der Waals surface area contributed by atoms with Crippen LogP contribution >= 0.6 is 0 Å². The van der Waals surface area contributed by atoms with Gasteiger partial charge in [-0.1, -0.05) is 12.2 Å². The summed E-state index contributed by atoms with van der Waals surface area (Å²) in [6.07, 6.45) is 2.80. The molecule has 1 fully saturated rings. The average molecular weight is 224 g/mol. The molecule has 0 radical (unpaired) electrons. The fourth-order valence-electron chi connectivity index (χ4n) is 1.43. The van der Waals surface area contributed by atoms with Crippen LogP contribution in [0.2, 0.25) is 0 Å². The van der Waals surface area contributed by atoms with Gasteiger partial charge in [0.05, 0.1) is 12.1 Å². The lowest BCUT2D eigenvalue weighted by molar-refractivity contribution is -0.137. The number of carbonyl (C=O) groups excluding carboxylic acids is 2. The van der Waals surface area contributed by atoms with Gasteiger partial charge < -0.3 is 22.1 Å². The Balaban J connectivity index is 2.78. The standard InChI is InChI=1S/C10H16N4O2/c1-3-5(11)7-9(15)14-8(6(12)4-2)10(16)13-7/h3-8H,1-2,11-12H2,(H,13,16)(H,14,15). The lowest BCUT2D eigenvalue weighted by Crippen LogP contribution is -2.69. The van der Waals surface area contributed by atoms with Crippen molar-refractivity contribution >= 4 is 11.8 Å². The predicted molar refractivity (Wildman–Crippen MR) is 60.2 cm³/mol. The summed E-state index contributed by atoms with van der Waals surface area (Å²) in [5.74, 6) is -0.733. The van der Waals surface area contributed by atoms with Crippen LogP contribution in [0, 0.1) is 0 Å². The molecule has 0 spiro atoms. The number of hydrogen-bond donors (Lipinski definition) is 4. The summed E-state index contributed by atoms with van der Waals surface area (Å²) >= 11 is 0. The van der Waals surface area contributed by atoms with Crippen molar-refractivity contribution in [3.05, 3.63) is 25.3 Å². The molecule has 0 saturated carbocycles. The van der Waals surface area contributed by atoms with Gasteiger partial charge in [0.15, 0.2) is 0 Å². The average Bonchev–Trinajstić information content (AvgIpc) is 2.29. The molecule has 2 amide bonds. The van der Waals surface area contributed by atoms with Crippen molar-refractivity contribution in [3.8, 4) is 0 Å². The second kappa shape index (κ2) is 4.91. The van der Waals surface area contributed by atoms with E-state index in [0.717, 1.165) is 0 Å². The SMILES string of the molecule is C=CC(N)C1NC(=O)C(C(N)C=C)NC1=O. The van der Waals surface area contributed by atoms with E-state index in [4.69, 9.17) is 11.5 Å². The van der Waals surface area contributed by atoms with E-state index < -0.39 is 24.2 Å². The third-order valence-corrected chi connectivity index (χ3v) is 2.47. The minimum Gasteiger partial charge on any atom is -0.341 e. The highest BCUT2D eigenvalue weighted by atomic mass is 16.2. The summed E-state index contributed by atoms with van der Waals surface area (Å²) < 4.78 is 0. The van der Waals surface area contributed by atoms with E-state index in [1.54, 1.807) is 0 Å². The second-order valence-corrected chi connectivity index (χ2v) is 3.60. The summed E-state index contributed by atoms with van der Waals surface area (Å²) in [6.45, 7) is 6.94. The highest BCUT2D eigenvalue weighted by molar-refractivity contribution is 5.98. The maximum Gasteiger partial charge on any atom is 0.245 e. The second-order valence-electron chi connectivity index (χ2n) is 3.60. The highest BCUT2D eigenvalue weighted by Gasteiger charge is 2.37. The van der Waals surface area contributed by atoms with E-state index in [-0.39, 0.29) is 11.8 Å².